The van der Waals surface area contributed by atoms with Gasteiger partial charge in [0.1, 0.15) is 5.82 Å². The van der Waals surface area contributed by atoms with E-state index in [1.807, 2.05) is 0 Å². The molecule has 0 aromatic heterocycles. The van der Waals surface area contributed by atoms with Crippen molar-refractivity contribution >= 4 is 17.8 Å². The summed E-state index contributed by atoms with van der Waals surface area (Å²) in [6.45, 7) is 1.73. The maximum Gasteiger partial charge on any atom is 0.409 e. The summed E-state index contributed by atoms with van der Waals surface area (Å²) in [7, 11) is 1.33. The van der Waals surface area contributed by atoms with Crippen LogP contribution in [0.15, 0.2) is 24.3 Å². The van der Waals surface area contributed by atoms with Crippen molar-refractivity contribution in [3.05, 3.63) is 30.1 Å². The molecule has 0 unspecified atom stereocenters. The predicted molar refractivity (Wildman–Crippen MR) is 71.0 cm³/mol. The molecule has 20 heavy (non-hydrogen) atoms. The molecule has 6 nitrogen and oxygen atoms in total. The van der Waals surface area contributed by atoms with Crippen molar-refractivity contribution in [1.82, 2.24) is 9.80 Å². The van der Waals surface area contributed by atoms with E-state index in [4.69, 9.17) is 0 Å². The van der Waals surface area contributed by atoms with Crippen molar-refractivity contribution in [2.24, 2.45) is 0 Å². The van der Waals surface area contributed by atoms with Gasteiger partial charge in [-0.1, -0.05) is 0 Å². The van der Waals surface area contributed by atoms with Gasteiger partial charge in [0.2, 0.25) is 0 Å². The van der Waals surface area contributed by atoms with E-state index in [2.05, 4.69) is 10.1 Å². The summed E-state index contributed by atoms with van der Waals surface area (Å²) in [4.78, 5) is 26.4. The molecule has 1 aromatic rings. The number of nitrogens with zero attached hydrogens (tertiary/aromatic N) is 2. The van der Waals surface area contributed by atoms with Crippen molar-refractivity contribution < 1.29 is 18.7 Å². The molecule has 0 aliphatic carbocycles. The molecule has 1 heterocycles. The van der Waals surface area contributed by atoms with E-state index in [9.17, 15) is 14.0 Å². The van der Waals surface area contributed by atoms with Crippen molar-refractivity contribution in [3.8, 4) is 0 Å². The minimum atomic E-state index is -0.386. The van der Waals surface area contributed by atoms with E-state index >= 15 is 0 Å². The van der Waals surface area contributed by atoms with Crippen molar-refractivity contribution in [2.75, 3.05) is 38.6 Å². The summed E-state index contributed by atoms with van der Waals surface area (Å²) >= 11 is 0. The number of rotatable bonds is 1. The number of hydrogen-bond donors (Lipinski definition) is 1. The largest absolute Gasteiger partial charge is 0.453 e. The molecule has 0 atom stereocenters. The summed E-state index contributed by atoms with van der Waals surface area (Å²) in [5.74, 6) is -0.352. The van der Waals surface area contributed by atoms with Gasteiger partial charge in [0, 0.05) is 31.9 Å². The third-order valence-electron chi connectivity index (χ3n) is 3.10. The van der Waals surface area contributed by atoms with Gasteiger partial charge in [0.15, 0.2) is 0 Å². The lowest BCUT2D eigenvalue weighted by Gasteiger charge is -2.33. The van der Waals surface area contributed by atoms with Gasteiger partial charge < -0.3 is 19.9 Å². The Balaban J connectivity index is 1.85. The minimum absolute atomic E-state index is 0.263. The van der Waals surface area contributed by atoms with Crippen LogP contribution in [0.1, 0.15) is 0 Å². The highest BCUT2D eigenvalue weighted by atomic mass is 19.1. The molecule has 1 aromatic carbocycles. The van der Waals surface area contributed by atoms with Crippen LogP contribution in [-0.4, -0.2) is 55.2 Å². The fourth-order valence-electron chi connectivity index (χ4n) is 1.96. The van der Waals surface area contributed by atoms with Gasteiger partial charge in [0.05, 0.1) is 7.11 Å². The van der Waals surface area contributed by atoms with Crippen LogP contribution in [0.4, 0.5) is 19.7 Å². The Morgan fingerprint density at radius 2 is 1.65 bits per heavy atom. The Morgan fingerprint density at radius 3 is 2.20 bits per heavy atom. The molecule has 0 spiro atoms. The number of methoxy groups -OCH3 is 1. The smallest absolute Gasteiger partial charge is 0.409 e. The van der Waals surface area contributed by atoms with E-state index in [0.717, 1.165) is 0 Å². The summed E-state index contributed by atoms with van der Waals surface area (Å²) in [5, 5.41) is 2.68. The van der Waals surface area contributed by atoms with Gasteiger partial charge in [0.25, 0.3) is 0 Å². The SMILES string of the molecule is COC(=O)N1CCN(C(=O)Nc2ccc(F)cc2)CC1. The van der Waals surface area contributed by atoms with Crippen LogP contribution in [-0.2, 0) is 4.74 Å². The molecule has 1 saturated heterocycles. The summed E-state index contributed by atoms with van der Waals surface area (Å²) in [6, 6.07) is 5.30. The van der Waals surface area contributed by atoms with Gasteiger partial charge >= 0.3 is 12.1 Å². The second kappa shape index (κ2) is 6.23. The fraction of sp³-hybridized carbons (Fsp3) is 0.385. The number of carbonyl (C=O) groups excluding carboxylic acids is 2. The molecule has 0 radical (unpaired) electrons. The molecule has 1 fully saturated rings. The number of urea groups is 1. The molecule has 108 valence electrons. The average Bonchev–Trinajstić information content (AvgIpc) is 2.49. The maximum absolute atomic E-state index is 12.8. The second-order valence-electron chi connectivity index (χ2n) is 4.38. The number of nitrogens with one attached hydrogen (secondary N) is 1. The molecule has 3 amide bonds. The average molecular weight is 281 g/mol. The molecule has 0 saturated carbocycles. The molecule has 1 aliphatic rings. The quantitative estimate of drug-likeness (QED) is 0.853. The van der Waals surface area contributed by atoms with Gasteiger partial charge in [-0.15, -0.1) is 0 Å². The minimum Gasteiger partial charge on any atom is -0.453 e. The lowest BCUT2D eigenvalue weighted by molar-refractivity contribution is 0.0993. The highest BCUT2D eigenvalue weighted by molar-refractivity contribution is 5.89. The fourth-order valence-corrected chi connectivity index (χ4v) is 1.96. The number of halogens is 1. The highest BCUT2D eigenvalue weighted by Gasteiger charge is 2.24. The van der Waals surface area contributed by atoms with Crippen molar-refractivity contribution in [3.63, 3.8) is 0 Å². The van der Waals surface area contributed by atoms with Crippen molar-refractivity contribution in [2.45, 2.75) is 0 Å². The number of hydrogen-bond acceptors (Lipinski definition) is 3. The van der Waals surface area contributed by atoms with E-state index in [-0.39, 0.29) is 17.9 Å². The summed E-state index contributed by atoms with van der Waals surface area (Å²) in [5.41, 5.74) is 0.534. The number of amides is 3. The first-order chi connectivity index (χ1) is 9.60. The Bertz CT molecular complexity index is 484. The number of piperazine rings is 1. The van der Waals surface area contributed by atoms with Crippen LogP contribution in [0.25, 0.3) is 0 Å². The van der Waals surface area contributed by atoms with Crippen LogP contribution in [0.3, 0.4) is 0 Å². The zero-order chi connectivity index (χ0) is 14.5. The summed E-state index contributed by atoms with van der Waals surface area (Å²) in [6.07, 6.45) is -0.386. The number of benzene rings is 1. The third-order valence-corrected chi connectivity index (χ3v) is 3.10. The molecule has 2 rings (SSSR count). The topological polar surface area (TPSA) is 61.9 Å². The zero-order valence-corrected chi connectivity index (χ0v) is 11.1. The molecule has 1 aliphatic heterocycles. The third kappa shape index (κ3) is 3.37. The van der Waals surface area contributed by atoms with Crippen LogP contribution in [0.5, 0.6) is 0 Å². The van der Waals surface area contributed by atoms with Gasteiger partial charge in [-0.2, -0.15) is 0 Å². The molecular weight excluding hydrogens is 265 g/mol. The van der Waals surface area contributed by atoms with Crippen LogP contribution >= 0.6 is 0 Å². The summed E-state index contributed by atoms with van der Waals surface area (Å²) < 4.78 is 17.4. The first-order valence-corrected chi connectivity index (χ1v) is 6.24. The van der Waals surface area contributed by atoms with E-state index < -0.39 is 0 Å². The molecule has 7 heteroatoms. The standard InChI is InChI=1S/C13H16FN3O3/c1-20-13(19)17-8-6-16(7-9-17)12(18)15-11-4-2-10(14)3-5-11/h2-5H,6-9H2,1H3,(H,15,18). The monoisotopic (exact) mass is 281 g/mol. The van der Waals surface area contributed by atoms with Gasteiger partial charge in [-0.25, -0.2) is 14.0 Å². The van der Waals surface area contributed by atoms with Gasteiger partial charge in [-0.05, 0) is 24.3 Å². The van der Waals surface area contributed by atoms with Crippen LogP contribution in [0.2, 0.25) is 0 Å². The first kappa shape index (κ1) is 14.1. The highest BCUT2D eigenvalue weighted by Crippen LogP contribution is 2.11. The van der Waals surface area contributed by atoms with E-state index in [1.165, 1.54) is 31.4 Å². The maximum atomic E-state index is 12.8. The van der Waals surface area contributed by atoms with Crippen LogP contribution in [0, 0.1) is 5.82 Å². The van der Waals surface area contributed by atoms with E-state index in [0.29, 0.717) is 31.9 Å². The number of carbonyl (C=O) groups is 2. The Labute approximate surface area is 116 Å². The molecular formula is C13H16FN3O3. The van der Waals surface area contributed by atoms with E-state index in [1.54, 1.807) is 9.80 Å². The Morgan fingerprint density at radius 1 is 1.10 bits per heavy atom. The predicted octanol–water partition coefficient (Wildman–Crippen LogP) is 1.74. The normalized spacial score (nSPS) is 14.9. The van der Waals surface area contributed by atoms with Crippen LogP contribution < -0.4 is 5.32 Å². The first-order valence-electron chi connectivity index (χ1n) is 6.24. The van der Waals surface area contributed by atoms with Gasteiger partial charge in [-0.3, -0.25) is 0 Å². The molecule has 1 N–H and O–H groups in total. The number of ether oxygens (including phenoxy) is 1. The molecule has 0 bridgehead atoms. The Hall–Kier alpha value is -2.31. The Kier molecular flexibility index (Phi) is 4.39. The zero-order valence-electron chi connectivity index (χ0n) is 11.1. The lowest BCUT2D eigenvalue weighted by Crippen LogP contribution is -2.51. The number of anilines is 1. The van der Waals surface area contributed by atoms with Crippen molar-refractivity contribution in [1.29, 1.82) is 0 Å². The lowest BCUT2D eigenvalue weighted by atomic mass is 10.3. The second-order valence-corrected chi connectivity index (χ2v) is 4.38.